The molecule has 108 valence electrons. The molecule has 2 N–H and O–H groups in total. The van der Waals surface area contributed by atoms with E-state index in [2.05, 4.69) is 0 Å². The summed E-state index contributed by atoms with van der Waals surface area (Å²) >= 11 is 0. The maximum Gasteiger partial charge on any atom is 0.254 e. The number of carbonyl (C=O) groups excluding carboxylic acids is 1. The molecule has 1 amide bonds. The van der Waals surface area contributed by atoms with E-state index in [9.17, 15) is 4.79 Å². The summed E-state index contributed by atoms with van der Waals surface area (Å²) in [5, 5.41) is 0. The topological polar surface area (TPSA) is 74.0 Å². The van der Waals surface area contributed by atoms with Crippen LogP contribution in [0.5, 0.6) is 11.5 Å². The number of rotatable bonds is 2. The predicted octanol–water partition coefficient (Wildman–Crippen LogP) is 0.257. The molecule has 0 spiro atoms. The molecule has 1 aromatic carbocycles. The van der Waals surface area contributed by atoms with Crippen LogP contribution in [0.1, 0.15) is 10.4 Å². The Morgan fingerprint density at radius 3 is 2.85 bits per heavy atom. The van der Waals surface area contributed by atoms with Gasteiger partial charge in [0.1, 0.15) is 13.2 Å². The lowest BCUT2D eigenvalue weighted by Gasteiger charge is -2.32. The summed E-state index contributed by atoms with van der Waals surface area (Å²) in [6.45, 7) is 3.12. The molecule has 3 rings (SSSR count). The quantitative estimate of drug-likeness (QED) is 0.840. The first-order valence-corrected chi connectivity index (χ1v) is 6.78. The van der Waals surface area contributed by atoms with Crippen molar-refractivity contribution in [3.63, 3.8) is 0 Å². The second-order valence-electron chi connectivity index (χ2n) is 4.84. The first-order chi connectivity index (χ1) is 9.78. The third-order valence-electron chi connectivity index (χ3n) is 3.48. The SMILES string of the molecule is NC[C@H]1CN(C(=O)c2ccc3c(c2)OCCO3)CCO1. The van der Waals surface area contributed by atoms with Crippen LogP contribution in [0.3, 0.4) is 0 Å². The number of morpholine rings is 1. The lowest BCUT2D eigenvalue weighted by atomic mass is 10.1. The molecule has 2 aliphatic heterocycles. The van der Waals surface area contributed by atoms with Crippen molar-refractivity contribution in [1.29, 1.82) is 0 Å². The summed E-state index contributed by atoms with van der Waals surface area (Å²) in [6, 6.07) is 5.29. The van der Waals surface area contributed by atoms with Crippen LogP contribution < -0.4 is 15.2 Å². The number of ether oxygens (including phenoxy) is 3. The van der Waals surface area contributed by atoms with Gasteiger partial charge < -0.3 is 24.8 Å². The Labute approximate surface area is 117 Å². The Bertz CT molecular complexity index is 506. The third-order valence-corrected chi connectivity index (χ3v) is 3.48. The van der Waals surface area contributed by atoms with Crippen molar-refractivity contribution < 1.29 is 19.0 Å². The van der Waals surface area contributed by atoms with Crippen LogP contribution >= 0.6 is 0 Å². The fraction of sp³-hybridized carbons (Fsp3) is 0.500. The van der Waals surface area contributed by atoms with E-state index in [1.807, 2.05) is 0 Å². The van der Waals surface area contributed by atoms with E-state index in [1.165, 1.54) is 0 Å². The number of nitrogens with zero attached hydrogens (tertiary/aromatic N) is 1. The van der Waals surface area contributed by atoms with Gasteiger partial charge in [0.05, 0.1) is 12.7 Å². The van der Waals surface area contributed by atoms with Crippen molar-refractivity contribution in [2.45, 2.75) is 6.10 Å². The highest BCUT2D eigenvalue weighted by Gasteiger charge is 2.25. The molecule has 1 atom stereocenters. The molecule has 2 heterocycles. The normalized spacial score (nSPS) is 21.6. The molecular weight excluding hydrogens is 260 g/mol. The van der Waals surface area contributed by atoms with Crippen LogP contribution in [0.25, 0.3) is 0 Å². The van der Waals surface area contributed by atoms with E-state index in [1.54, 1.807) is 23.1 Å². The van der Waals surface area contributed by atoms with Crippen molar-refractivity contribution in [1.82, 2.24) is 4.90 Å². The average molecular weight is 278 g/mol. The largest absolute Gasteiger partial charge is 0.486 e. The Balaban J connectivity index is 1.76. The molecule has 20 heavy (non-hydrogen) atoms. The van der Waals surface area contributed by atoms with Crippen molar-refractivity contribution in [2.24, 2.45) is 5.73 Å². The minimum Gasteiger partial charge on any atom is -0.486 e. The minimum atomic E-state index is -0.0788. The number of hydrogen-bond donors (Lipinski definition) is 1. The van der Waals surface area contributed by atoms with Gasteiger partial charge in [-0.2, -0.15) is 0 Å². The fourth-order valence-electron chi connectivity index (χ4n) is 2.41. The van der Waals surface area contributed by atoms with Crippen molar-refractivity contribution in [2.75, 3.05) is 39.5 Å². The second-order valence-corrected chi connectivity index (χ2v) is 4.84. The van der Waals surface area contributed by atoms with Gasteiger partial charge in [0.15, 0.2) is 11.5 Å². The van der Waals surface area contributed by atoms with Crippen molar-refractivity contribution in [3.05, 3.63) is 23.8 Å². The lowest BCUT2D eigenvalue weighted by molar-refractivity contribution is -0.0167. The Hall–Kier alpha value is -1.79. The van der Waals surface area contributed by atoms with Gasteiger partial charge in [-0.05, 0) is 18.2 Å². The highest BCUT2D eigenvalue weighted by Crippen LogP contribution is 2.31. The second kappa shape index (κ2) is 5.68. The minimum absolute atomic E-state index is 0.0243. The maximum absolute atomic E-state index is 12.5. The summed E-state index contributed by atoms with van der Waals surface area (Å²) in [6.07, 6.45) is -0.0788. The maximum atomic E-state index is 12.5. The number of nitrogens with two attached hydrogens (primary N) is 1. The fourth-order valence-corrected chi connectivity index (χ4v) is 2.41. The van der Waals surface area contributed by atoms with Gasteiger partial charge in [-0.25, -0.2) is 0 Å². The van der Waals surface area contributed by atoms with Gasteiger partial charge in [-0.1, -0.05) is 0 Å². The summed E-state index contributed by atoms with van der Waals surface area (Å²) in [5.74, 6) is 1.30. The summed E-state index contributed by atoms with van der Waals surface area (Å²) in [7, 11) is 0. The van der Waals surface area contributed by atoms with Crippen LogP contribution in [-0.2, 0) is 4.74 Å². The molecule has 0 radical (unpaired) electrons. The van der Waals surface area contributed by atoms with E-state index in [4.69, 9.17) is 19.9 Å². The van der Waals surface area contributed by atoms with Crippen LogP contribution in [0, 0.1) is 0 Å². The number of carbonyl (C=O) groups is 1. The summed E-state index contributed by atoms with van der Waals surface area (Å²) < 4.78 is 16.4. The van der Waals surface area contributed by atoms with E-state index in [-0.39, 0.29) is 12.0 Å². The summed E-state index contributed by atoms with van der Waals surface area (Å²) in [4.78, 5) is 14.3. The first kappa shape index (κ1) is 13.2. The zero-order valence-electron chi connectivity index (χ0n) is 11.2. The first-order valence-electron chi connectivity index (χ1n) is 6.78. The van der Waals surface area contributed by atoms with Crippen molar-refractivity contribution >= 4 is 5.91 Å². The number of benzene rings is 1. The predicted molar refractivity (Wildman–Crippen MR) is 72.1 cm³/mol. The van der Waals surface area contributed by atoms with Gasteiger partial charge in [-0.3, -0.25) is 4.79 Å². The van der Waals surface area contributed by atoms with E-state index in [0.29, 0.717) is 56.5 Å². The standard InChI is InChI=1S/C14H18N2O4/c15-8-11-9-16(3-4-18-11)14(17)10-1-2-12-13(7-10)20-6-5-19-12/h1-2,7,11H,3-6,8-9,15H2/t11-/m0/s1. The zero-order chi connectivity index (χ0) is 13.9. The van der Waals surface area contributed by atoms with E-state index in [0.717, 1.165) is 0 Å². The molecule has 2 aliphatic rings. The third kappa shape index (κ3) is 2.57. The van der Waals surface area contributed by atoms with Gasteiger partial charge in [0.2, 0.25) is 0 Å². The molecule has 0 saturated carbocycles. The summed E-state index contributed by atoms with van der Waals surface area (Å²) in [5.41, 5.74) is 6.20. The van der Waals surface area contributed by atoms with E-state index >= 15 is 0 Å². The Morgan fingerprint density at radius 1 is 1.25 bits per heavy atom. The molecule has 0 unspecified atom stereocenters. The van der Waals surface area contributed by atoms with Crippen LogP contribution in [0.2, 0.25) is 0 Å². The molecule has 6 heteroatoms. The Morgan fingerprint density at radius 2 is 2.05 bits per heavy atom. The highest BCUT2D eigenvalue weighted by atomic mass is 16.6. The van der Waals surface area contributed by atoms with Crippen LogP contribution in [0.15, 0.2) is 18.2 Å². The van der Waals surface area contributed by atoms with Gasteiger partial charge in [-0.15, -0.1) is 0 Å². The number of hydrogen-bond acceptors (Lipinski definition) is 5. The van der Waals surface area contributed by atoms with Gasteiger partial charge in [0.25, 0.3) is 5.91 Å². The average Bonchev–Trinajstić information content (AvgIpc) is 2.53. The molecule has 0 aliphatic carbocycles. The molecule has 0 bridgehead atoms. The lowest BCUT2D eigenvalue weighted by Crippen LogP contribution is -2.48. The van der Waals surface area contributed by atoms with Gasteiger partial charge in [0, 0.05) is 25.2 Å². The van der Waals surface area contributed by atoms with Gasteiger partial charge >= 0.3 is 0 Å². The van der Waals surface area contributed by atoms with Crippen molar-refractivity contribution in [3.8, 4) is 11.5 Å². The number of amides is 1. The molecule has 1 saturated heterocycles. The molecular formula is C14H18N2O4. The van der Waals surface area contributed by atoms with E-state index < -0.39 is 0 Å². The molecule has 6 nitrogen and oxygen atoms in total. The monoisotopic (exact) mass is 278 g/mol. The Kier molecular flexibility index (Phi) is 3.75. The molecule has 0 aromatic heterocycles. The molecule has 1 aromatic rings. The van der Waals surface area contributed by atoms with Crippen LogP contribution in [0.4, 0.5) is 0 Å². The number of fused-ring (bicyclic) bond motifs is 1. The zero-order valence-corrected chi connectivity index (χ0v) is 11.2. The van der Waals surface area contributed by atoms with Crippen LogP contribution in [-0.4, -0.2) is 56.4 Å². The molecule has 1 fully saturated rings. The highest BCUT2D eigenvalue weighted by molar-refractivity contribution is 5.95. The smallest absolute Gasteiger partial charge is 0.254 e.